The summed E-state index contributed by atoms with van der Waals surface area (Å²) in [6, 6.07) is 5.72. The largest absolute Gasteiger partial charge is 0.497 e. The van der Waals surface area contributed by atoms with Crippen molar-refractivity contribution < 1.29 is 19.4 Å². The molecule has 0 aliphatic carbocycles. The molecule has 0 spiro atoms. The second-order valence-corrected chi connectivity index (χ2v) is 5.18. The number of methoxy groups -OCH3 is 2. The average Bonchev–Trinajstić information content (AvgIpc) is 2.49. The molecule has 118 valence electrons. The van der Waals surface area contributed by atoms with Crippen LogP contribution in [0.25, 0.3) is 0 Å². The fourth-order valence-corrected chi connectivity index (χ4v) is 2.11. The van der Waals surface area contributed by atoms with Crippen LogP contribution in [0.1, 0.15) is 31.7 Å². The summed E-state index contributed by atoms with van der Waals surface area (Å²) in [7, 11) is 3.29. The van der Waals surface area contributed by atoms with Gasteiger partial charge in [0.05, 0.1) is 14.2 Å². The lowest BCUT2D eigenvalue weighted by Gasteiger charge is -2.13. The predicted molar refractivity (Wildman–Crippen MR) is 81.9 cm³/mol. The zero-order valence-corrected chi connectivity index (χ0v) is 13.0. The molecule has 2 N–H and O–H groups in total. The van der Waals surface area contributed by atoms with Gasteiger partial charge in [0.1, 0.15) is 11.5 Å². The Labute approximate surface area is 126 Å². The Kier molecular flexibility index (Phi) is 7.61. The van der Waals surface area contributed by atoms with Crippen LogP contribution < -0.4 is 14.8 Å². The van der Waals surface area contributed by atoms with Gasteiger partial charge in [-0.3, -0.25) is 4.79 Å². The van der Waals surface area contributed by atoms with Gasteiger partial charge >= 0.3 is 5.97 Å². The van der Waals surface area contributed by atoms with Crippen LogP contribution in [0.4, 0.5) is 0 Å². The van der Waals surface area contributed by atoms with Crippen LogP contribution in [0, 0.1) is 5.92 Å². The minimum absolute atomic E-state index is 0.241. The Morgan fingerprint density at radius 3 is 2.67 bits per heavy atom. The lowest BCUT2D eigenvalue weighted by molar-refractivity contribution is -0.137. The smallest absolute Gasteiger partial charge is 0.303 e. The summed E-state index contributed by atoms with van der Waals surface area (Å²) in [5, 5.41) is 12.0. The molecule has 0 fully saturated rings. The molecule has 0 heterocycles. The lowest BCUT2D eigenvalue weighted by Crippen LogP contribution is -2.18. The van der Waals surface area contributed by atoms with Crippen LogP contribution in [0.2, 0.25) is 0 Å². The number of benzene rings is 1. The molecule has 21 heavy (non-hydrogen) atoms. The monoisotopic (exact) mass is 295 g/mol. The Balaban J connectivity index is 2.36. The van der Waals surface area contributed by atoms with Gasteiger partial charge in [-0.25, -0.2) is 0 Å². The quantitative estimate of drug-likeness (QED) is 0.650. The van der Waals surface area contributed by atoms with E-state index < -0.39 is 5.97 Å². The van der Waals surface area contributed by atoms with Gasteiger partial charge in [0.25, 0.3) is 0 Å². The van der Waals surface area contributed by atoms with Crippen LogP contribution in [0.3, 0.4) is 0 Å². The first kappa shape index (κ1) is 17.3. The number of rotatable bonds is 10. The van der Waals surface area contributed by atoms with E-state index in [2.05, 4.69) is 12.2 Å². The third kappa shape index (κ3) is 6.49. The van der Waals surface area contributed by atoms with E-state index in [4.69, 9.17) is 14.6 Å². The summed E-state index contributed by atoms with van der Waals surface area (Å²) in [6.07, 6.45) is 1.92. The fourth-order valence-electron chi connectivity index (χ4n) is 2.11. The van der Waals surface area contributed by atoms with E-state index in [0.717, 1.165) is 36.4 Å². The Hall–Kier alpha value is -1.75. The number of aliphatic carboxylic acids is 1. The van der Waals surface area contributed by atoms with Gasteiger partial charge in [-0.1, -0.05) is 6.92 Å². The number of ether oxygens (including phenoxy) is 2. The summed E-state index contributed by atoms with van der Waals surface area (Å²) in [5.41, 5.74) is 1.05. The van der Waals surface area contributed by atoms with Crippen LogP contribution in [-0.2, 0) is 11.3 Å². The van der Waals surface area contributed by atoms with Gasteiger partial charge in [-0.05, 0) is 43.5 Å². The number of carboxylic acids is 1. The van der Waals surface area contributed by atoms with E-state index in [1.54, 1.807) is 14.2 Å². The summed E-state index contributed by atoms with van der Waals surface area (Å²) < 4.78 is 10.5. The highest BCUT2D eigenvalue weighted by atomic mass is 16.5. The number of hydrogen-bond acceptors (Lipinski definition) is 4. The van der Waals surface area contributed by atoms with Crippen molar-refractivity contribution >= 4 is 5.97 Å². The number of carbonyl (C=O) groups is 1. The molecular formula is C16H25NO4. The van der Waals surface area contributed by atoms with Gasteiger partial charge in [-0.15, -0.1) is 0 Å². The molecule has 0 radical (unpaired) electrons. The molecule has 1 aromatic rings. The van der Waals surface area contributed by atoms with E-state index in [-0.39, 0.29) is 6.42 Å². The zero-order valence-electron chi connectivity index (χ0n) is 13.0. The summed E-state index contributed by atoms with van der Waals surface area (Å²) in [5.74, 6) is 1.32. The van der Waals surface area contributed by atoms with Crippen LogP contribution in [0.15, 0.2) is 18.2 Å². The molecule has 0 aromatic heterocycles. The van der Waals surface area contributed by atoms with E-state index in [0.29, 0.717) is 12.5 Å². The van der Waals surface area contributed by atoms with Gasteiger partial charge in [0.2, 0.25) is 0 Å². The van der Waals surface area contributed by atoms with E-state index in [1.807, 2.05) is 18.2 Å². The van der Waals surface area contributed by atoms with Crippen molar-refractivity contribution in [3.8, 4) is 11.5 Å². The Morgan fingerprint density at radius 1 is 1.29 bits per heavy atom. The van der Waals surface area contributed by atoms with Crippen molar-refractivity contribution in [1.82, 2.24) is 5.32 Å². The van der Waals surface area contributed by atoms with Crippen LogP contribution in [0.5, 0.6) is 11.5 Å². The molecular weight excluding hydrogens is 270 g/mol. The number of nitrogens with one attached hydrogen (secondary N) is 1. The molecule has 0 bridgehead atoms. The number of carboxylic acid groups (broad SMARTS) is 1. The predicted octanol–water partition coefficient (Wildman–Crippen LogP) is 2.68. The first-order valence-electron chi connectivity index (χ1n) is 7.20. The fraction of sp³-hybridized carbons (Fsp3) is 0.562. The highest BCUT2D eigenvalue weighted by Gasteiger charge is 2.07. The molecule has 0 amide bonds. The maximum atomic E-state index is 10.5. The Morgan fingerprint density at radius 2 is 2.05 bits per heavy atom. The number of hydrogen-bond donors (Lipinski definition) is 2. The van der Waals surface area contributed by atoms with Crippen molar-refractivity contribution in [1.29, 1.82) is 0 Å². The molecule has 0 aliphatic heterocycles. The normalized spacial score (nSPS) is 12.0. The molecule has 5 nitrogen and oxygen atoms in total. The van der Waals surface area contributed by atoms with E-state index in [1.165, 1.54) is 0 Å². The minimum Gasteiger partial charge on any atom is -0.497 e. The molecule has 1 aromatic carbocycles. The molecule has 5 heteroatoms. The van der Waals surface area contributed by atoms with Gasteiger partial charge in [-0.2, -0.15) is 0 Å². The molecule has 1 unspecified atom stereocenters. The average molecular weight is 295 g/mol. The molecule has 1 rings (SSSR count). The van der Waals surface area contributed by atoms with Crippen molar-refractivity contribution in [3.05, 3.63) is 23.8 Å². The Bertz CT molecular complexity index is 448. The summed E-state index contributed by atoms with van der Waals surface area (Å²) in [4.78, 5) is 10.5. The summed E-state index contributed by atoms with van der Waals surface area (Å²) >= 11 is 0. The zero-order chi connectivity index (χ0) is 15.7. The third-order valence-corrected chi connectivity index (χ3v) is 3.47. The summed E-state index contributed by atoms with van der Waals surface area (Å²) in [6.45, 7) is 3.63. The van der Waals surface area contributed by atoms with Gasteiger partial charge in [0.15, 0.2) is 0 Å². The maximum absolute atomic E-state index is 10.5. The van der Waals surface area contributed by atoms with Crippen LogP contribution >= 0.6 is 0 Å². The minimum atomic E-state index is -0.726. The standard InChI is InChI=1S/C16H25NO4/c1-12(4-7-16(18)19)8-9-17-11-13-10-14(20-2)5-6-15(13)21-3/h5-6,10,12,17H,4,7-9,11H2,1-3H3,(H,18,19). The molecule has 0 saturated heterocycles. The first-order chi connectivity index (χ1) is 10.1. The highest BCUT2D eigenvalue weighted by Crippen LogP contribution is 2.23. The van der Waals surface area contributed by atoms with Crippen molar-refractivity contribution in [3.63, 3.8) is 0 Å². The molecule has 0 aliphatic rings. The van der Waals surface area contributed by atoms with Gasteiger partial charge in [0, 0.05) is 18.5 Å². The maximum Gasteiger partial charge on any atom is 0.303 e. The lowest BCUT2D eigenvalue weighted by atomic mass is 10.0. The van der Waals surface area contributed by atoms with Crippen molar-refractivity contribution in [2.45, 2.75) is 32.7 Å². The molecule has 0 saturated carbocycles. The van der Waals surface area contributed by atoms with Gasteiger partial charge < -0.3 is 19.9 Å². The molecule has 1 atom stereocenters. The topological polar surface area (TPSA) is 67.8 Å². The second kappa shape index (κ2) is 9.23. The SMILES string of the molecule is COc1ccc(OC)c(CNCCC(C)CCC(=O)O)c1. The van der Waals surface area contributed by atoms with E-state index >= 15 is 0 Å². The highest BCUT2D eigenvalue weighted by molar-refractivity contribution is 5.66. The van der Waals surface area contributed by atoms with Crippen molar-refractivity contribution in [2.24, 2.45) is 5.92 Å². The van der Waals surface area contributed by atoms with Crippen molar-refractivity contribution in [2.75, 3.05) is 20.8 Å². The second-order valence-electron chi connectivity index (χ2n) is 5.18. The first-order valence-corrected chi connectivity index (χ1v) is 7.20. The third-order valence-electron chi connectivity index (χ3n) is 3.47. The van der Waals surface area contributed by atoms with E-state index in [9.17, 15) is 4.79 Å². The van der Waals surface area contributed by atoms with Crippen LogP contribution in [-0.4, -0.2) is 31.8 Å².